The molecule has 1 atom stereocenters. The Balaban J connectivity index is 2.29. The third-order valence-electron chi connectivity index (χ3n) is 2.73. The first-order valence-electron chi connectivity index (χ1n) is 5.92. The Morgan fingerprint density at radius 1 is 1.35 bits per heavy atom. The van der Waals surface area contributed by atoms with Gasteiger partial charge in [0.2, 0.25) is 0 Å². The number of rotatable bonds is 3. The lowest BCUT2D eigenvalue weighted by Gasteiger charge is -2.18. The lowest BCUT2D eigenvalue weighted by molar-refractivity contribution is -0.136. The van der Waals surface area contributed by atoms with Crippen LogP contribution in [0.2, 0.25) is 0 Å². The summed E-state index contributed by atoms with van der Waals surface area (Å²) in [6.07, 6.45) is -4.45. The van der Waals surface area contributed by atoms with Crippen LogP contribution in [0.25, 0.3) is 0 Å². The summed E-state index contributed by atoms with van der Waals surface area (Å²) in [5, 5.41) is 5.45. The smallest absolute Gasteiger partial charge is 0.399 e. The van der Waals surface area contributed by atoms with Crippen molar-refractivity contribution in [1.82, 2.24) is 4.98 Å². The first kappa shape index (κ1) is 14.6. The number of halogens is 3. The Bertz CT molecular complexity index is 607. The van der Waals surface area contributed by atoms with E-state index in [4.69, 9.17) is 5.73 Å². The number of anilines is 2. The highest BCUT2D eigenvalue weighted by atomic mass is 32.1. The average molecular weight is 301 g/mol. The molecule has 0 saturated heterocycles. The van der Waals surface area contributed by atoms with Crippen LogP contribution in [0.5, 0.6) is 0 Å². The monoisotopic (exact) mass is 301 g/mol. The minimum Gasteiger partial charge on any atom is -0.399 e. The predicted octanol–water partition coefficient (Wildman–Crippen LogP) is 4.23. The van der Waals surface area contributed by atoms with Gasteiger partial charge in [-0.2, -0.15) is 13.2 Å². The van der Waals surface area contributed by atoms with Gasteiger partial charge in [0.1, 0.15) is 5.01 Å². The molecule has 108 valence electrons. The molecule has 1 aromatic heterocycles. The summed E-state index contributed by atoms with van der Waals surface area (Å²) >= 11 is 1.41. The summed E-state index contributed by atoms with van der Waals surface area (Å²) in [5.41, 5.74) is 5.61. The molecular formula is C13H14F3N3S. The fourth-order valence-corrected chi connectivity index (χ4v) is 2.59. The Hall–Kier alpha value is -1.76. The van der Waals surface area contributed by atoms with Crippen LogP contribution in [0.15, 0.2) is 23.6 Å². The Kier molecular flexibility index (Phi) is 3.89. The molecule has 1 unspecified atom stereocenters. The molecule has 3 N–H and O–H groups in total. The minimum absolute atomic E-state index is 0.00653. The van der Waals surface area contributed by atoms with Gasteiger partial charge in [-0.3, -0.25) is 0 Å². The second kappa shape index (κ2) is 5.32. The SMILES string of the molecule is Cc1csc(C(C)Nc2ccc(N)cc2C(F)(F)F)n1. The Labute approximate surface area is 118 Å². The number of alkyl halides is 3. The molecule has 1 aromatic carbocycles. The van der Waals surface area contributed by atoms with Gasteiger partial charge < -0.3 is 11.1 Å². The molecule has 20 heavy (non-hydrogen) atoms. The highest BCUT2D eigenvalue weighted by Crippen LogP contribution is 2.37. The van der Waals surface area contributed by atoms with Gasteiger partial charge in [0, 0.05) is 22.4 Å². The molecule has 0 saturated carbocycles. The van der Waals surface area contributed by atoms with Crippen molar-refractivity contribution < 1.29 is 13.2 Å². The van der Waals surface area contributed by atoms with Crippen molar-refractivity contribution >= 4 is 22.7 Å². The number of nitrogens with zero attached hydrogens (tertiary/aromatic N) is 1. The third-order valence-corrected chi connectivity index (χ3v) is 3.87. The summed E-state index contributed by atoms with van der Waals surface area (Å²) in [6.45, 7) is 3.62. The molecule has 0 aliphatic heterocycles. The van der Waals surface area contributed by atoms with Crippen LogP contribution < -0.4 is 11.1 Å². The van der Waals surface area contributed by atoms with Gasteiger partial charge in [0.15, 0.2) is 0 Å². The zero-order chi connectivity index (χ0) is 14.9. The van der Waals surface area contributed by atoms with Crippen molar-refractivity contribution in [2.45, 2.75) is 26.1 Å². The van der Waals surface area contributed by atoms with Crippen molar-refractivity contribution in [3.05, 3.63) is 39.8 Å². The van der Waals surface area contributed by atoms with E-state index in [9.17, 15) is 13.2 Å². The Morgan fingerprint density at radius 2 is 2.05 bits per heavy atom. The molecule has 2 aromatic rings. The van der Waals surface area contributed by atoms with Crippen LogP contribution in [0.3, 0.4) is 0 Å². The number of thiazole rings is 1. The first-order chi connectivity index (χ1) is 9.27. The molecule has 0 radical (unpaired) electrons. The van der Waals surface area contributed by atoms with E-state index in [2.05, 4.69) is 10.3 Å². The van der Waals surface area contributed by atoms with Gasteiger partial charge >= 0.3 is 6.18 Å². The molecule has 0 bridgehead atoms. The van der Waals surface area contributed by atoms with E-state index in [1.165, 1.54) is 23.5 Å². The molecule has 3 nitrogen and oxygen atoms in total. The zero-order valence-electron chi connectivity index (χ0n) is 11.0. The van der Waals surface area contributed by atoms with E-state index < -0.39 is 11.7 Å². The molecule has 7 heteroatoms. The van der Waals surface area contributed by atoms with Gasteiger partial charge in [-0.1, -0.05) is 0 Å². The molecular weight excluding hydrogens is 287 g/mol. The van der Waals surface area contributed by atoms with Crippen LogP contribution in [0.4, 0.5) is 24.5 Å². The first-order valence-corrected chi connectivity index (χ1v) is 6.80. The number of nitrogen functional groups attached to an aromatic ring is 1. The number of nitrogens with two attached hydrogens (primary N) is 1. The fraction of sp³-hybridized carbons (Fsp3) is 0.308. The maximum Gasteiger partial charge on any atom is 0.418 e. The maximum atomic E-state index is 13.0. The summed E-state index contributed by atoms with van der Waals surface area (Å²) in [7, 11) is 0. The van der Waals surface area contributed by atoms with Crippen molar-refractivity contribution in [1.29, 1.82) is 0 Å². The fourth-order valence-electron chi connectivity index (χ4n) is 1.79. The minimum atomic E-state index is -4.45. The molecule has 1 heterocycles. The largest absolute Gasteiger partial charge is 0.418 e. The summed E-state index contributed by atoms with van der Waals surface area (Å²) < 4.78 is 38.9. The molecule has 0 aliphatic rings. The van der Waals surface area contributed by atoms with E-state index in [0.29, 0.717) is 0 Å². The molecule has 0 spiro atoms. The van der Waals surface area contributed by atoms with E-state index in [-0.39, 0.29) is 17.4 Å². The average Bonchev–Trinajstić information content (AvgIpc) is 2.77. The molecule has 0 amide bonds. The maximum absolute atomic E-state index is 13.0. The lowest BCUT2D eigenvalue weighted by Crippen LogP contribution is -2.14. The van der Waals surface area contributed by atoms with Crippen LogP contribution in [-0.2, 0) is 6.18 Å². The van der Waals surface area contributed by atoms with Gasteiger partial charge in [-0.05, 0) is 32.0 Å². The summed E-state index contributed by atoms with van der Waals surface area (Å²) in [5.74, 6) is 0. The summed E-state index contributed by atoms with van der Waals surface area (Å²) in [6, 6.07) is 3.41. The highest BCUT2D eigenvalue weighted by Gasteiger charge is 2.34. The van der Waals surface area contributed by atoms with Gasteiger partial charge in [-0.25, -0.2) is 4.98 Å². The number of aromatic nitrogens is 1. The third kappa shape index (κ3) is 3.22. The van der Waals surface area contributed by atoms with E-state index in [0.717, 1.165) is 16.8 Å². The molecule has 0 fully saturated rings. The molecule has 2 rings (SSSR count). The number of hydrogen-bond acceptors (Lipinski definition) is 4. The van der Waals surface area contributed by atoms with Crippen LogP contribution >= 0.6 is 11.3 Å². The van der Waals surface area contributed by atoms with Crippen LogP contribution in [0.1, 0.15) is 29.2 Å². The highest BCUT2D eigenvalue weighted by molar-refractivity contribution is 7.09. The van der Waals surface area contributed by atoms with Crippen molar-refractivity contribution in [2.75, 3.05) is 11.1 Å². The van der Waals surface area contributed by atoms with Crippen molar-refractivity contribution in [2.24, 2.45) is 0 Å². The number of nitrogens with one attached hydrogen (secondary N) is 1. The van der Waals surface area contributed by atoms with E-state index >= 15 is 0 Å². The van der Waals surface area contributed by atoms with Crippen LogP contribution in [-0.4, -0.2) is 4.98 Å². The van der Waals surface area contributed by atoms with Gasteiger partial charge in [0.25, 0.3) is 0 Å². The van der Waals surface area contributed by atoms with Crippen LogP contribution in [0, 0.1) is 6.92 Å². The van der Waals surface area contributed by atoms with Gasteiger partial charge in [0.05, 0.1) is 11.6 Å². The second-order valence-electron chi connectivity index (χ2n) is 4.50. The van der Waals surface area contributed by atoms with Crippen molar-refractivity contribution in [3.8, 4) is 0 Å². The molecule has 0 aliphatic carbocycles. The predicted molar refractivity (Wildman–Crippen MR) is 74.7 cm³/mol. The quantitative estimate of drug-likeness (QED) is 0.834. The topological polar surface area (TPSA) is 50.9 Å². The van der Waals surface area contributed by atoms with Gasteiger partial charge in [-0.15, -0.1) is 11.3 Å². The zero-order valence-corrected chi connectivity index (χ0v) is 11.8. The Morgan fingerprint density at radius 3 is 2.60 bits per heavy atom. The second-order valence-corrected chi connectivity index (χ2v) is 5.39. The number of aryl methyl sites for hydroxylation is 1. The lowest BCUT2D eigenvalue weighted by atomic mass is 10.1. The van der Waals surface area contributed by atoms with Crippen molar-refractivity contribution in [3.63, 3.8) is 0 Å². The normalized spacial score (nSPS) is 13.2. The number of hydrogen-bond donors (Lipinski definition) is 2. The standard InChI is InChI=1S/C13H14F3N3S/c1-7-6-20-12(18-7)8(2)19-11-4-3-9(17)5-10(11)13(14,15)16/h3-6,8,19H,17H2,1-2H3. The van der Waals surface area contributed by atoms with E-state index in [1.807, 2.05) is 12.3 Å². The number of benzene rings is 1. The van der Waals surface area contributed by atoms with E-state index in [1.54, 1.807) is 6.92 Å². The summed E-state index contributed by atoms with van der Waals surface area (Å²) in [4.78, 5) is 4.27.